The summed E-state index contributed by atoms with van der Waals surface area (Å²) < 4.78 is 22.3. The van der Waals surface area contributed by atoms with Crippen LogP contribution in [-0.4, -0.2) is 51.1 Å². The van der Waals surface area contributed by atoms with E-state index in [2.05, 4.69) is 53.2 Å². The fourth-order valence-electron chi connectivity index (χ4n) is 4.64. The molecular formula is C26H34FN5O. The van der Waals surface area contributed by atoms with Crippen LogP contribution in [0.1, 0.15) is 50.4 Å². The molecule has 176 valence electrons. The van der Waals surface area contributed by atoms with Crippen LogP contribution in [0, 0.1) is 0 Å². The zero-order valence-electron chi connectivity index (χ0n) is 20.0. The van der Waals surface area contributed by atoms with Crippen molar-refractivity contribution in [1.82, 2.24) is 19.7 Å². The number of pyridine rings is 1. The Bertz CT molecular complexity index is 1070. The fourth-order valence-corrected chi connectivity index (χ4v) is 4.64. The van der Waals surface area contributed by atoms with E-state index in [-0.39, 0.29) is 12.1 Å². The monoisotopic (exact) mass is 451 g/mol. The third-order valence-corrected chi connectivity index (χ3v) is 6.14. The number of rotatable bonds is 8. The highest BCUT2D eigenvalue weighted by Crippen LogP contribution is 2.40. The van der Waals surface area contributed by atoms with E-state index in [1.807, 2.05) is 29.2 Å². The lowest BCUT2D eigenvalue weighted by molar-refractivity contribution is 0.0676. The first-order valence-electron chi connectivity index (χ1n) is 11.7. The van der Waals surface area contributed by atoms with Crippen molar-refractivity contribution < 1.29 is 9.13 Å². The number of nitrogens with two attached hydrogens (primary N) is 1. The van der Waals surface area contributed by atoms with Gasteiger partial charge in [0.25, 0.3) is 0 Å². The number of benzene rings is 1. The van der Waals surface area contributed by atoms with Gasteiger partial charge in [0.2, 0.25) is 5.88 Å². The van der Waals surface area contributed by atoms with Gasteiger partial charge in [-0.3, -0.25) is 9.58 Å². The molecule has 1 aliphatic heterocycles. The molecule has 0 fully saturated rings. The van der Waals surface area contributed by atoms with Crippen molar-refractivity contribution in [1.29, 1.82) is 0 Å². The molecule has 0 aliphatic carbocycles. The highest BCUT2D eigenvalue weighted by Gasteiger charge is 2.36. The van der Waals surface area contributed by atoms with E-state index in [0.717, 1.165) is 29.7 Å². The van der Waals surface area contributed by atoms with Gasteiger partial charge in [0.1, 0.15) is 12.3 Å². The number of nitrogens with zero attached hydrogens (tertiary/aromatic N) is 4. The second-order valence-electron chi connectivity index (χ2n) is 9.41. The molecule has 33 heavy (non-hydrogen) atoms. The molecule has 2 aromatic heterocycles. The van der Waals surface area contributed by atoms with E-state index in [9.17, 15) is 4.39 Å². The van der Waals surface area contributed by atoms with Crippen molar-refractivity contribution in [2.45, 2.75) is 58.4 Å². The smallest absolute Gasteiger partial charge is 0.213 e. The van der Waals surface area contributed by atoms with E-state index in [0.29, 0.717) is 25.6 Å². The van der Waals surface area contributed by atoms with Gasteiger partial charge in [-0.2, -0.15) is 5.10 Å². The number of hydrogen-bond acceptors (Lipinski definition) is 5. The third-order valence-electron chi connectivity index (χ3n) is 6.14. The molecule has 7 heteroatoms. The zero-order valence-corrected chi connectivity index (χ0v) is 20.0. The molecule has 0 radical (unpaired) electrons. The predicted molar refractivity (Wildman–Crippen MR) is 129 cm³/mol. The topological polar surface area (TPSA) is 69.2 Å². The second kappa shape index (κ2) is 9.61. The second-order valence-corrected chi connectivity index (χ2v) is 9.41. The molecule has 0 saturated carbocycles. The van der Waals surface area contributed by atoms with E-state index < -0.39 is 5.67 Å². The Labute approximate surface area is 195 Å². The maximum Gasteiger partial charge on any atom is 0.213 e. The summed E-state index contributed by atoms with van der Waals surface area (Å²) in [6.07, 6.45) is 6.70. The molecule has 1 aromatic carbocycles. The molecule has 0 unspecified atom stereocenters. The van der Waals surface area contributed by atoms with Crippen LogP contribution in [0.2, 0.25) is 0 Å². The van der Waals surface area contributed by atoms with Crippen LogP contribution in [0.5, 0.6) is 5.88 Å². The number of ether oxygens (including phenoxy) is 1. The summed E-state index contributed by atoms with van der Waals surface area (Å²) in [6.45, 7) is 9.59. The largest absolute Gasteiger partial charge is 0.476 e. The van der Waals surface area contributed by atoms with Crippen molar-refractivity contribution in [2.75, 3.05) is 19.7 Å². The Balaban J connectivity index is 1.73. The van der Waals surface area contributed by atoms with Gasteiger partial charge >= 0.3 is 0 Å². The molecule has 3 aromatic rings. The van der Waals surface area contributed by atoms with Crippen molar-refractivity contribution in [2.24, 2.45) is 5.73 Å². The van der Waals surface area contributed by atoms with E-state index in [4.69, 9.17) is 10.5 Å². The molecule has 1 aliphatic rings. The molecule has 0 saturated heterocycles. The van der Waals surface area contributed by atoms with Gasteiger partial charge in [-0.05, 0) is 56.4 Å². The molecule has 3 heterocycles. The molecule has 0 bridgehead atoms. The van der Waals surface area contributed by atoms with Crippen LogP contribution in [0.4, 0.5) is 4.39 Å². The average Bonchev–Trinajstić information content (AvgIpc) is 3.27. The van der Waals surface area contributed by atoms with Crippen LogP contribution >= 0.6 is 0 Å². The minimum absolute atomic E-state index is 0.0813. The summed E-state index contributed by atoms with van der Waals surface area (Å²) in [5, 5.41) is 4.42. The van der Waals surface area contributed by atoms with E-state index >= 15 is 0 Å². The van der Waals surface area contributed by atoms with Crippen LogP contribution < -0.4 is 10.5 Å². The Morgan fingerprint density at radius 3 is 2.64 bits per heavy atom. The minimum atomic E-state index is -1.31. The Morgan fingerprint density at radius 2 is 2.00 bits per heavy atom. The van der Waals surface area contributed by atoms with Crippen molar-refractivity contribution in [3.63, 3.8) is 0 Å². The number of halogens is 1. The highest BCUT2D eigenvalue weighted by atomic mass is 19.1. The zero-order chi connectivity index (χ0) is 23.6. The molecule has 2 atom stereocenters. The normalized spacial score (nSPS) is 18.8. The Morgan fingerprint density at radius 1 is 1.18 bits per heavy atom. The standard InChI is InChI=1S/C26H34FN5O/c1-5-31-16-22(15-30-31)19-6-8-23-21(13-19)12-18(2)32(17-26(3,4)27)25(23)20-7-9-24(29-14-20)33-11-10-28/h6-9,13-16,18,25H,5,10-12,17,28H2,1-4H3/t18-,25-/m1/s1. The number of alkyl halides is 1. The van der Waals surface area contributed by atoms with Gasteiger partial charge in [0.05, 0.1) is 12.2 Å². The lowest BCUT2D eigenvalue weighted by Gasteiger charge is -2.44. The summed E-state index contributed by atoms with van der Waals surface area (Å²) in [7, 11) is 0. The lowest BCUT2D eigenvalue weighted by atomic mass is 9.83. The first kappa shape index (κ1) is 23.4. The fraction of sp³-hybridized carbons (Fsp3) is 0.462. The van der Waals surface area contributed by atoms with Gasteiger partial charge in [-0.15, -0.1) is 0 Å². The summed E-state index contributed by atoms with van der Waals surface area (Å²) in [4.78, 5) is 6.75. The summed E-state index contributed by atoms with van der Waals surface area (Å²) in [5.74, 6) is 0.550. The number of aromatic nitrogens is 3. The van der Waals surface area contributed by atoms with Crippen LogP contribution in [-0.2, 0) is 13.0 Å². The van der Waals surface area contributed by atoms with Crippen LogP contribution in [0.15, 0.2) is 48.9 Å². The van der Waals surface area contributed by atoms with Gasteiger partial charge in [-0.25, -0.2) is 9.37 Å². The van der Waals surface area contributed by atoms with E-state index in [1.54, 1.807) is 13.8 Å². The van der Waals surface area contributed by atoms with Gasteiger partial charge < -0.3 is 10.5 Å². The summed E-state index contributed by atoms with van der Waals surface area (Å²) in [5.41, 5.74) is 9.99. The predicted octanol–water partition coefficient (Wildman–Crippen LogP) is 4.39. The van der Waals surface area contributed by atoms with Crippen molar-refractivity contribution >= 4 is 0 Å². The highest BCUT2D eigenvalue weighted by molar-refractivity contribution is 5.64. The average molecular weight is 452 g/mol. The molecule has 0 spiro atoms. The van der Waals surface area contributed by atoms with Crippen molar-refractivity contribution in [3.8, 4) is 17.0 Å². The van der Waals surface area contributed by atoms with Crippen LogP contribution in [0.25, 0.3) is 11.1 Å². The van der Waals surface area contributed by atoms with E-state index in [1.165, 1.54) is 11.1 Å². The van der Waals surface area contributed by atoms with Crippen LogP contribution in [0.3, 0.4) is 0 Å². The maximum atomic E-state index is 14.8. The lowest BCUT2D eigenvalue weighted by Crippen LogP contribution is -2.47. The molecule has 6 nitrogen and oxygen atoms in total. The third kappa shape index (κ3) is 5.25. The quantitative estimate of drug-likeness (QED) is 0.550. The van der Waals surface area contributed by atoms with Gasteiger partial charge in [0, 0.05) is 49.7 Å². The summed E-state index contributed by atoms with van der Waals surface area (Å²) in [6, 6.07) is 10.6. The minimum Gasteiger partial charge on any atom is -0.476 e. The first-order chi connectivity index (χ1) is 15.8. The number of fused-ring (bicyclic) bond motifs is 1. The first-order valence-corrected chi connectivity index (χ1v) is 11.7. The van der Waals surface area contributed by atoms with Gasteiger partial charge in [0.15, 0.2) is 0 Å². The van der Waals surface area contributed by atoms with Crippen molar-refractivity contribution in [3.05, 3.63) is 65.6 Å². The van der Waals surface area contributed by atoms with Gasteiger partial charge in [-0.1, -0.05) is 24.3 Å². The molecule has 4 rings (SSSR count). The Hall–Kier alpha value is -2.77. The number of aryl methyl sites for hydroxylation is 1. The molecule has 0 amide bonds. The molecular weight excluding hydrogens is 417 g/mol. The SMILES string of the molecule is CCn1cc(-c2ccc3c(c2)C[C@@H](C)N(CC(C)(C)F)[C@@H]3c2ccc(OCCN)nc2)cn1. The Kier molecular flexibility index (Phi) is 6.81. The summed E-state index contributed by atoms with van der Waals surface area (Å²) >= 11 is 0. The molecule has 2 N–H and O–H groups in total. The number of hydrogen-bond donors (Lipinski definition) is 1. The maximum absolute atomic E-state index is 14.8.